The zero-order valence-corrected chi connectivity index (χ0v) is 11.5. The Balaban J connectivity index is 2.19. The summed E-state index contributed by atoms with van der Waals surface area (Å²) in [7, 11) is 0. The maximum Gasteiger partial charge on any atom is 0.254 e. The van der Waals surface area contributed by atoms with Crippen LogP contribution in [-0.2, 0) is 0 Å². The number of carbonyl (C=O) groups is 1. The number of benzene rings is 1. The third-order valence-corrected chi connectivity index (χ3v) is 3.95. The van der Waals surface area contributed by atoms with E-state index < -0.39 is 23.1 Å². The average Bonchev–Trinajstić information content (AvgIpc) is 2.41. The van der Waals surface area contributed by atoms with Crippen molar-refractivity contribution in [3.05, 3.63) is 35.4 Å². The van der Waals surface area contributed by atoms with Gasteiger partial charge in [-0.1, -0.05) is 19.8 Å². The van der Waals surface area contributed by atoms with E-state index in [1.807, 2.05) is 0 Å². The van der Waals surface area contributed by atoms with Crippen molar-refractivity contribution in [3.63, 3.8) is 0 Å². The van der Waals surface area contributed by atoms with E-state index in [0.29, 0.717) is 18.8 Å². The Hall–Kier alpha value is -1.49. The molecule has 2 atom stereocenters. The lowest BCUT2D eigenvalue weighted by molar-refractivity contribution is 0.0693. The van der Waals surface area contributed by atoms with E-state index in [0.717, 1.165) is 31.0 Å². The number of aliphatic hydroxyl groups excluding tert-OH is 1. The van der Waals surface area contributed by atoms with Crippen molar-refractivity contribution < 1.29 is 18.7 Å². The molecule has 0 saturated heterocycles. The fourth-order valence-electron chi connectivity index (χ4n) is 2.94. The first kappa shape index (κ1) is 14.9. The molecule has 110 valence electrons. The van der Waals surface area contributed by atoms with Crippen molar-refractivity contribution in [1.82, 2.24) is 5.32 Å². The van der Waals surface area contributed by atoms with E-state index >= 15 is 0 Å². The summed E-state index contributed by atoms with van der Waals surface area (Å²) in [5.41, 5.74) is -1.05. The summed E-state index contributed by atoms with van der Waals surface area (Å²) in [6.45, 7) is 1.86. The highest BCUT2D eigenvalue weighted by Gasteiger charge is 2.36. The predicted octanol–water partition coefficient (Wildman–Crippen LogP) is 2.64. The Kier molecular flexibility index (Phi) is 4.38. The smallest absolute Gasteiger partial charge is 0.254 e. The topological polar surface area (TPSA) is 49.3 Å². The lowest BCUT2D eigenvalue weighted by Gasteiger charge is -2.39. The highest BCUT2D eigenvalue weighted by Crippen LogP contribution is 2.32. The quantitative estimate of drug-likeness (QED) is 0.896. The minimum atomic E-state index is -0.763. The monoisotopic (exact) mass is 283 g/mol. The summed E-state index contributed by atoms with van der Waals surface area (Å²) in [6, 6.07) is 2.78. The van der Waals surface area contributed by atoms with Gasteiger partial charge in [-0.25, -0.2) is 8.78 Å². The highest BCUT2D eigenvalue weighted by atomic mass is 19.1. The Morgan fingerprint density at radius 1 is 1.50 bits per heavy atom. The van der Waals surface area contributed by atoms with Crippen LogP contribution in [0.1, 0.15) is 43.0 Å². The lowest BCUT2D eigenvalue weighted by Crippen LogP contribution is -2.54. The summed E-state index contributed by atoms with van der Waals surface area (Å²) in [4.78, 5) is 12.1. The number of rotatable bonds is 3. The van der Waals surface area contributed by atoms with Gasteiger partial charge >= 0.3 is 0 Å². The summed E-state index contributed by atoms with van der Waals surface area (Å²) in [5.74, 6) is -1.72. The molecule has 0 radical (unpaired) electrons. The van der Waals surface area contributed by atoms with Gasteiger partial charge in [0.1, 0.15) is 11.6 Å². The van der Waals surface area contributed by atoms with Crippen molar-refractivity contribution in [3.8, 4) is 0 Å². The zero-order chi connectivity index (χ0) is 14.8. The summed E-state index contributed by atoms with van der Waals surface area (Å²) in [6.07, 6.45) is 3.24. The molecule has 1 fully saturated rings. The molecule has 0 heterocycles. The van der Waals surface area contributed by atoms with Crippen molar-refractivity contribution in [2.45, 2.75) is 38.1 Å². The van der Waals surface area contributed by atoms with Gasteiger partial charge in [0.15, 0.2) is 0 Å². The Morgan fingerprint density at radius 2 is 2.25 bits per heavy atom. The lowest BCUT2D eigenvalue weighted by atomic mass is 9.76. The molecule has 1 aliphatic rings. The van der Waals surface area contributed by atoms with E-state index in [2.05, 4.69) is 12.2 Å². The van der Waals surface area contributed by atoms with Gasteiger partial charge < -0.3 is 10.4 Å². The normalized spacial score (nSPS) is 26.3. The second-order valence-electron chi connectivity index (χ2n) is 5.72. The maximum absolute atomic E-state index is 13.6. The molecule has 2 unspecified atom stereocenters. The van der Waals surface area contributed by atoms with Crippen molar-refractivity contribution in [2.24, 2.45) is 5.92 Å². The van der Waals surface area contributed by atoms with Crippen LogP contribution in [0, 0.1) is 17.6 Å². The minimum absolute atomic E-state index is 0.194. The van der Waals surface area contributed by atoms with Crippen LogP contribution in [-0.4, -0.2) is 23.2 Å². The van der Waals surface area contributed by atoms with Crippen LogP contribution >= 0.6 is 0 Å². The third kappa shape index (κ3) is 3.15. The Morgan fingerprint density at radius 3 is 2.90 bits per heavy atom. The van der Waals surface area contributed by atoms with Crippen LogP contribution in [0.4, 0.5) is 8.78 Å². The van der Waals surface area contributed by atoms with Crippen LogP contribution in [0.15, 0.2) is 18.2 Å². The van der Waals surface area contributed by atoms with E-state index in [1.54, 1.807) is 0 Å². The van der Waals surface area contributed by atoms with E-state index in [-0.39, 0.29) is 12.2 Å². The van der Waals surface area contributed by atoms with E-state index in [4.69, 9.17) is 0 Å². The van der Waals surface area contributed by atoms with Gasteiger partial charge in [0.25, 0.3) is 5.91 Å². The molecular formula is C15H19F2NO2. The third-order valence-electron chi connectivity index (χ3n) is 3.95. The van der Waals surface area contributed by atoms with E-state index in [1.165, 1.54) is 0 Å². The summed E-state index contributed by atoms with van der Waals surface area (Å²) >= 11 is 0. The molecule has 0 aliphatic heterocycles. The largest absolute Gasteiger partial charge is 0.394 e. The molecule has 20 heavy (non-hydrogen) atoms. The van der Waals surface area contributed by atoms with Crippen LogP contribution < -0.4 is 5.32 Å². The minimum Gasteiger partial charge on any atom is -0.394 e. The number of aliphatic hydroxyl groups is 1. The maximum atomic E-state index is 13.6. The Bertz CT molecular complexity index is 507. The molecule has 1 amide bonds. The first-order chi connectivity index (χ1) is 9.46. The molecule has 1 aromatic rings. The molecule has 0 aromatic heterocycles. The number of halogens is 2. The van der Waals surface area contributed by atoms with Crippen molar-refractivity contribution >= 4 is 5.91 Å². The SMILES string of the molecule is CC1CCCC(CO)(NC(=O)c2cc(F)ccc2F)C1. The number of nitrogens with one attached hydrogen (secondary N) is 1. The average molecular weight is 283 g/mol. The molecule has 3 nitrogen and oxygen atoms in total. The van der Waals surface area contributed by atoms with Crippen LogP contribution in [0.5, 0.6) is 0 Å². The van der Waals surface area contributed by atoms with Gasteiger partial charge in [0.2, 0.25) is 0 Å². The van der Waals surface area contributed by atoms with Crippen molar-refractivity contribution in [2.75, 3.05) is 6.61 Å². The highest BCUT2D eigenvalue weighted by molar-refractivity contribution is 5.95. The van der Waals surface area contributed by atoms with Gasteiger partial charge in [0, 0.05) is 0 Å². The van der Waals surface area contributed by atoms with Crippen LogP contribution in [0.3, 0.4) is 0 Å². The first-order valence-electron chi connectivity index (χ1n) is 6.84. The fraction of sp³-hybridized carbons (Fsp3) is 0.533. The number of carbonyl (C=O) groups excluding carboxylic acids is 1. The molecule has 0 spiro atoms. The molecule has 2 N–H and O–H groups in total. The molecule has 5 heteroatoms. The number of hydrogen-bond donors (Lipinski definition) is 2. The summed E-state index contributed by atoms with van der Waals surface area (Å²) in [5, 5.41) is 12.3. The fourth-order valence-corrected chi connectivity index (χ4v) is 2.94. The van der Waals surface area contributed by atoms with Gasteiger partial charge in [-0.05, 0) is 37.0 Å². The second kappa shape index (κ2) is 5.87. The molecule has 1 aliphatic carbocycles. The molecular weight excluding hydrogens is 264 g/mol. The summed E-state index contributed by atoms with van der Waals surface area (Å²) < 4.78 is 26.7. The molecule has 1 saturated carbocycles. The zero-order valence-electron chi connectivity index (χ0n) is 11.5. The van der Waals surface area contributed by atoms with Gasteiger partial charge in [-0.15, -0.1) is 0 Å². The molecule has 1 aromatic carbocycles. The van der Waals surface area contributed by atoms with Crippen LogP contribution in [0.25, 0.3) is 0 Å². The number of amides is 1. The van der Waals surface area contributed by atoms with Crippen molar-refractivity contribution in [1.29, 1.82) is 0 Å². The number of hydrogen-bond acceptors (Lipinski definition) is 2. The predicted molar refractivity (Wildman–Crippen MR) is 71.3 cm³/mol. The Labute approximate surface area is 117 Å². The molecule has 2 rings (SSSR count). The van der Waals surface area contributed by atoms with E-state index in [9.17, 15) is 18.7 Å². The van der Waals surface area contributed by atoms with Gasteiger partial charge in [0.05, 0.1) is 17.7 Å². The standard InChI is InChI=1S/C15H19F2NO2/c1-10-3-2-6-15(8-10,9-19)18-14(20)12-7-11(16)4-5-13(12)17/h4-5,7,10,19H,2-3,6,8-9H2,1H3,(H,18,20). The molecule has 0 bridgehead atoms. The second-order valence-corrected chi connectivity index (χ2v) is 5.72. The van der Waals surface area contributed by atoms with Gasteiger partial charge in [-0.3, -0.25) is 4.79 Å². The van der Waals surface area contributed by atoms with Crippen LogP contribution in [0.2, 0.25) is 0 Å². The first-order valence-corrected chi connectivity index (χ1v) is 6.84. The van der Waals surface area contributed by atoms with Gasteiger partial charge in [-0.2, -0.15) is 0 Å².